The maximum absolute atomic E-state index is 14.8. The van der Waals surface area contributed by atoms with Crippen molar-refractivity contribution in [1.82, 2.24) is 15.0 Å². The molecule has 4 N–H and O–H groups in total. The summed E-state index contributed by atoms with van der Waals surface area (Å²) < 4.78 is 34.7. The lowest BCUT2D eigenvalue weighted by atomic mass is 9.86. The van der Waals surface area contributed by atoms with Crippen LogP contribution in [-0.2, 0) is 5.41 Å². The van der Waals surface area contributed by atoms with E-state index in [1.807, 2.05) is 31.2 Å². The molecule has 3 heterocycles. The van der Waals surface area contributed by atoms with E-state index >= 15 is 0 Å². The molecule has 0 fully saturated rings. The second kappa shape index (κ2) is 9.65. The smallest absolute Gasteiger partial charge is 0.255 e. The van der Waals surface area contributed by atoms with E-state index in [0.29, 0.717) is 51.3 Å². The van der Waals surface area contributed by atoms with Gasteiger partial charge in [-0.25, -0.2) is 14.4 Å². The summed E-state index contributed by atoms with van der Waals surface area (Å²) in [5.41, 5.74) is 6.10. The largest absolute Gasteiger partial charge is 0.339 e. The van der Waals surface area contributed by atoms with Crippen molar-refractivity contribution in [2.24, 2.45) is 0 Å². The van der Waals surface area contributed by atoms with Crippen molar-refractivity contribution >= 4 is 38.8 Å². The first kappa shape index (κ1) is 26.1. The van der Waals surface area contributed by atoms with Crippen LogP contribution in [0, 0.1) is 12.7 Å². The van der Waals surface area contributed by atoms with Crippen LogP contribution in [0.25, 0.3) is 27.9 Å². The fourth-order valence-corrected chi connectivity index (χ4v) is 5.82. The molecule has 0 unspecified atom stereocenters. The maximum atomic E-state index is 14.8. The van der Waals surface area contributed by atoms with Gasteiger partial charge in [0.1, 0.15) is 17.8 Å². The first-order chi connectivity index (χ1) is 17.9. The Morgan fingerprint density at radius 1 is 1.11 bits per heavy atom. The molecule has 1 amide bonds. The molecule has 1 aliphatic heterocycles. The van der Waals surface area contributed by atoms with Gasteiger partial charge >= 0.3 is 0 Å². The van der Waals surface area contributed by atoms with Crippen molar-refractivity contribution in [2.75, 3.05) is 16.8 Å². The van der Waals surface area contributed by atoms with E-state index in [1.165, 1.54) is 18.5 Å². The van der Waals surface area contributed by atoms with Crippen LogP contribution in [0.15, 0.2) is 54.9 Å². The average molecular weight is 535 g/mol. The molecule has 4 aromatic rings. The molecule has 0 radical (unpaired) electrons. The van der Waals surface area contributed by atoms with E-state index in [2.05, 4.69) is 41.0 Å². The van der Waals surface area contributed by atoms with Crippen LogP contribution in [0.2, 0.25) is 0 Å². The first-order valence-electron chi connectivity index (χ1n) is 12.4. The molecule has 198 valence electrons. The van der Waals surface area contributed by atoms with Gasteiger partial charge < -0.3 is 10.3 Å². The van der Waals surface area contributed by atoms with Crippen molar-refractivity contribution in [3.63, 3.8) is 0 Å². The van der Waals surface area contributed by atoms with Crippen LogP contribution in [0.4, 0.5) is 10.1 Å². The van der Waals surface area contributed by atoms with Crippen LogP contribution >= 0.6 is 10.6 Å². The van der Waals surface area contributed by atoms with Crippen molar-refractivity contribution in [1.29, 1.82) is 0 Å². The Hall–Kier alpha value is -3.53. The Morgan fingerprint density at radius 2 is 1.84 bits per heavy atom. The lowest BCUT2D eigenvalue weighted by molar-refractivity contribution is 0.102. The summed E-state index contributed by atoms with van der Waals surface area (Å²) in [7, 11) is -2.55. The standard InChI is InChI=1S/C29H31FN4O3S/c1-17-22(13-21(30)14-24(17)34-28(35)19-5-7-20(8-6-19)29(2,3)4)26-23-15-25(33-27(23)32-16-31-26)18-9-11-38(36,37)12-10-18/h5-9,13-16,36-37H,10-12H2,1-4H3,(H,34,35)(H,31,32,33). The van der Waals surface area contributed by atoms with Crippen LogP contribution in [0.1, 0.15) is 54.4 Å². The zero-order chi connectivity index (χ0) is 27.2. The number of aromatic amines is 1. The SMILES string of the molecule is Cc1c(NC(=O)c2ccc(C(C)(C)C)cc2)cc(F)cc1-c1ncnc2[nH]c(C3=CCS(O)(O)CC3)cc12. The van der Waals surface area contributed by atoms with Gasteiger partial charge in [0.2, 0.25) is 0 Å². The van der Waals surface area contributed by atoms with E-state index in [9.17, 15) is 18.3 Å². The van der Waals surface area contributed by atoms with Gasteiger partial charge in [-0.2, -0.15) is 10.6 Å². The van der Waals surface area contributed by atoms with E-state index < -0.39 is 16.4 Å². The summed E-state index contributed by atoms with van der Waals surface area (Å²) >= 11 is 0. The molecule has 0 spiro atoms. The minimum absolute atomic E-state index is 0.0269. The molecule has 0 atom stereocenters. The number of hydrogen-bond acceptors (Lipinski definition) is 5. The summed E-state index contributed by atoms with van der Waals surface area (Å²) in [4.78, 5) is 25.1. The maximum Gasteiger partial charge on any atom is 0.255 e. The molecule has 38 heavy (non-hydrogen) atoms. The zero-order valence-electron chi connectivity index (χ0n) is 21.8. The molecule has 5 rings (SSSR count). The summed E-state index contributed by atoms with van der Waals surface area (Å²) in [6, 6.07) is 12.1. The van der Waals surface area contributed by atoms with Gasteiger partial charge in [0.15, 0.2) is 0 Å². The topological polar surface area (TPSA) is 111 Å². The van der Waals surface area contributed by atoms with Gasteiger partial charge in [0.05, 0.1) is 11.4 Å². The third-order valence-electron chi connectivity index (χ3n) is 6.96. The van der Waals surface area contributed by atoms with Crippen LogP contribution < -0.4 is 5.32 Å². The number of nitrogens with one attached hydrogen (secondary N) is 2. The van der Waals surface area contributed by atoms with Gasteiger partial charge in [-0.1, -0.05) is 39.0 Å². The summed E-state index contributed by atoms with van der Waals surface area (Å²) in [5.74, 6) is -0.275. The number of amides is 1. The molecule has 2 aromatic heterocycles. The van der Waals surface area contributed by atoms with E-state index in [0.717, 1.165) is 16.8 Å². The minimum Gasteiger partial charge on any atom is -0.339 e. The van der Waals surface area contributed by atoms with E-state index in [4.69, 9.17) is 0 Å². The molecule has 7 nitrogen and oxygen atoms in total. The average Bonchev–Trinajstić information content (AvgIpc) is 3.30. The Balaban J connectivity index is 1.48. The van der Waals surface area contributed by atoms with Gasteiger partial charge in [-0.3, -0.25) is 13.9 Å². The van der Waals surface area contributed by atoms with Crippen molar-refractivity contribution in [2.45, 2.75) is 39.5 Å². The molecule has 2 aromatic carbocycles. The van der Waals surface area contributed by atoms with Gasteiger partial charge in [-0.15, -0.1) is 0 Å². The number of carbonyl (C=O) groups is 1. The number of H-pyrrole nitrogens is 1. The highest BCUT2D eigenvalue weighted by atomic mass is 32.3. The predicted octanol–water partition coefficient (Wildman–Crippen LogP) is 7.16. The third kappa shape index (κ3) is 5.22. The second-order valence-electron chi connectivity index (χ2n) is 10.7. The third-order valence-corrected chi connectivity index (χ3v) is 8.51. The van der Waals surface area contributed by atoms with Crippen molar-refractivity contribution in [3.05, 3.63) is 83.1 Å². The quantitative estimate of drug-likeness (QED) is 0.222. The highest BCUT2D eigenvalue weighted by molar-refractivity contribution is 8.24. The highest BCUT2D eigenvalue weighted by Gasteiger charge is 2.22. The molecular weight excluding hydrogens is 503 g/mol. The molecular formula is C29H31FN4O3S. The van der Waals surface area contributed by atoms with Crippen molar-refractivity contribution in [3.8, 4) is 11.3 Å². The van der Waals surface area contributed by atoms with Gasteiger partial charge in [0.25, 0.3) is 5.91 Å². The number of anilines is 1. The molecule has 0 aliphatic carbocycles. The Bertz CT molecular complexity index is 1570. The summed E-state index contributed by atoms with van der Waals surface area (Å²) in [6.45, 7) is 8.15. The minimum atomic E-state index is -2.55. The number of carbonyl (C=O) groups excluding carboxylic acids is 1. The normalized spacial score (nSPS) is 16.2. The van der Waals surface area contributed by atoms with Crippen molar-refractivity contribution < 1.29 is 18.3 Å². The Labute approximate surface area is 222 Å². The summed E-state index contributed by atoms with van der Waals surface area (Å²) in [5, 5.41) is 3.58. The summed E-state index contributed by atoms with van der Waals surface area (Å²) in [6.07, 6.45) is 3.79. The van der Waals surface area contributed by atoms with Gasteiger partial charge in [0, 0.05) is 33.6 Å². The first-order valence-corrected chi connectivity index (χ1v) is 14.3. The number of fused-ring (bicyclic) bond motifs is 1. The monoisotopic (exact) mass is 534 g/mol. The molecule has 0 saturated carbocycles. The molecule has 9 heteroatoms. The lowest BCUT2D eigenvalue weighted by Gasteiger charge is -2.34. The number of allylic oxidation sites excluding steroid dienone is 1. The van der Waals surface area contributed by atoms with Crippen LogP contribution in [0.3, 0.4) is 0 Å². The molecule has 0 bridgehead atoms. The Morgan fingerprint density at radius 3 is 2.50 bits per heavy atom. The van der Waals surface area contributed by atoms with E-state index in [-0.39, 0.29) is 17.1 Å². The fraction of sp³-hybridized carbons (Fsp3) is 0.276. The van der Waals surface area contributed by atoms with Crippen LogP contribution in [-0.4, -0.2) is 41.5 Å². The molecule has 0 saturated heterocycles. The zero-order valence-corrected chi connectivity index (χ0v) is 22.6. The second-order valence-corrected chi connectivity index (χ2v) is 13.1. The number of aromatic nitrogens is 3. The molecule has 1 aliphatic rings. The number of nitrogens with zero attached hydrogens (tertiary/aromatic N) is 2. The number of benzene rings is 2. The van der Waals surface area contributed by atoms with Crippen LogP contribution in [0.5, 0.6) is 0 Å². The fourth-order valence-electron chi connectivity index (χ4n) is 4.64. The number of halogens is 1. The Kier molecular flexibility index (Phi) is 6.63. The van der Waals surface area contributed by atoms with Gasteiger partial charge in [-0.05, 0) is 65.8 Å². The van der Waals surface area contributed by atoms with E-state index in [1.54, 1.807) is 12.1 Å². The number of hydrogen-bond donors (Lipinski definition) is 4. The number of rotatable bonds is 4. The lowest BCUT2D eigenvalue weighted by Crippen LogP contribution is -2.15. The predicted molar refractivity (Wildman–Crippen MR) is 152 cm³/mol. The highest BCUT2D eigenvalue weighted by Crippen LogP contribution is 2.45.